The van der Waals surface area contributed by atoms with Crippen molar-refractivity contribution in [2.24, 2.45) is 7.05 Å². The van der Waals surface area contributed by atoms with Crippen LogP contribution in [0.2, 0.25) is 0 Å². The molecule has 0 aliphatic heterocycles. The van der Waals surface area contributed by atoms with Crippen LogP contribution in [0.15, 0.2) is 18.2 Å². The van der Waals surface area contributed by atoms with Gasteiger partial charge in [-0.3, -0.25) is 0 Å². The van der Waals surface area contributed by atoms with E-state index in [0.717, 1.165) is 0 Å². The molecule has 5 heteroatoms. The third-order valence-corrected chi connectivity index (χ3v) is 2.26. The zero-order chi connectivity index (χ0) is 11.0. The predicted octanol–water partition coefficient (Wildman–Crippen LogP) is 2.38. The van der Waals surface area contributed by atoms with Crippen LogP contribution < -0.4 is 0 Å². The van der Waals surface area contributed by atoms with Gasteiger partial charge < -0.3 is 4.57 Å². The van der Waals surface area contributed by atoms with Gasteiger partial charge in [-0.25, -0.2) is 13.8 Å². The Labute approximate surface area is 84.6 Å². The molecule has 0 saturated heterocycles. The van der Waals surface area contributed by atoms with Gasteiger partial charge in [-0.15, -0.1) is 0 Å². The molecule has 0 aliphatic carbocycles. The molecule has 0 atom stereocenters. The largest absolute Gasteiger partial charge is 0.326 e. The first kappa shape index (κ1) is 9.59. The average Bonchev–Trinajstić information content (AvgIpc) is 2.56. The van der Waals surface area contributed by atoms with Gasteiger partial charge in [0, 0.05) is 7.05 Å². The first-order valence-electron chi connectivity index (χ1n) is 4.28. The summed E-state index contributed by atoms with van der Waals surface area (Å²) in [5.74, 6) is -0.312. The number of alkyl halides is 2. The molecular weight excluding hydrogens is 200 g/mol. The van der Waals surface area contributed by atoms with E-state index in [0.29, 0.717) is 16.6 Å². The van der Waals surface area contributed by atoms with Crippen molar-refractivity contribution in [3.05, 3.63) is 29.6 Å². The summed E-state index contributed by atoms with van der Waals surface area (Å²) in [6, 6.07) is 6.80. The van der Waals surface area contributed by atoms with Gasteiger partial charge in [0.25, 0.3) is 6.43 Å². The lowest BCUT2D eigenvalue weighted by Crippen LogP contribution is -1.97. The second-order valence-electron chi connectivity index (χ2n) is 3.11. The Morgan fingerprint density at radius 1 is 1.47 bits per heavy atom. The summed E-state index contributed by atoms with van der Waals surface area (Å²) >= 11 is 0. The molecule has 1 heterocycles. The molecule has 0 amide bonds. The maximum atomic E-state index is 12.5. The van der Waals surface area contributed by atoms with Crippen molar-refractivity contribution in [1.29, 1.82) is 5.26 Å². The Balaban J connectivity index is 2.82. The van der Waals surface area contributed by atoms with Crippen molar-refractivity contribution >= 4 is 11.0 Å². The van der Waals surface area contributed by atoms with E-state index in [1.54, 1.807) is 18.2 Å². The first-order chi connectivity index (χ1) is 7.15. The Kier molecular flexibility index (Phi) is 2.12. The molecule has 0 unspecified atom stereocenters. The zero-order valence-electron chi connectivity index (χ0n) is 7.91. The van der Waals surface area contributed by atoms with Crippen LogP contribution in [0, 0.1) is 11.3 Å². The molecule has 15 heavy (non-hydrogen) atoms. The molecule has 76 valence electrons. The quantitative estimate of drug-likeness (QED) is 0.720. The van der Waals surface area contributed by atoms with Gasteiger partial charge in [0.1, 0.15) is 11.6 Å². The molecule has 2 rings (SSSR count). The molecule has 0 N–H and O–H groups in total. The minimum Gasteiger partial charge on any atom is -0.326 e. The van der Waals surface area contributed by atoms with Crippen molar-refractivity contribution in [1.82, 2.24) is 9.55 Å². The molecule has 0 radical (unpaired) electrons. The van der Waals surface area contributed by atoms with E-state index in [4.69, 9.17) is 5.26 Å². The SMILES string of the molecule is Cn1c(C(F)F)nc2c(C#N)cccc21. The van der Waals surface area contributed by atoms with Gasteiger partial charge in [0.05, 0.1) is 11.1 Å². The zero-order valence-corrected chi connectivity index (χ0v) is 7.91. The van der Waals surface area contributed by atoms with Crippen molar-refractivity contribution in [2.75, 3.05) is 0 Å². The normalized spacial score (nSPS) is 10.9. The van der Waals surface area contributed by atoms with Gasteiger partial charge in [-0.1, -0.05) is 6.07 Å². The van der Waals surface area contributed by atoms with Crippen LogP contribution in [0.25, 0.3) is 11.0 Å². The van der Waals surface area contributed by atoms with Crippen LogP contribution in [0.5, 0.6) is 0 Å². The van der Waals surface area contributed by atoms with Gasteiger partial charge in [-0.2, -0.15) is 5.26 Å². The van der Waals surface area contributed by atoms with E-state index >= 15 is 0 Å². The van der Waals surface area contributed by atoms with Crippen molar-refractivity contribution in [3.63, 3.8) is 0 Å². The van der Waals surface area contributed by atoms with Crippen LogP contribution in [-0.4, -0.2) is 9.55 Å². The van der Waals surface area contributed by atoms with Crippen LogP contribution >= 0.6 is 0 Å². The fourth-order valence-electron chi connectivity index (χ4n) is 1.52. The number of nitrogens with zero attached hydrogens (tertiary/aromatic N) is 3. The number of aromatic nitrogens is 2. The number of hydrogen-bond acceptors (Lipinski definition) is 2. The summed E-state index contributed by atoms with van der Waals surface area (Å²) < 4.78 is 26.4. The van der Waals surface area contributed by atoms with E-state index < -0.39 is 6.43 Å². The lowest BCUT2D eigenvalue weighted by Gasteiger charge is -1.99. The van der Waals surface area contributed by atoms with Crippen LogP contribution in [-0.2, 0) is 7.05 Å². The molecule has 0 aliphatic rings. The second-order valence-corrected chi connectivity index (χ2v) is 3.11. The summed E-state index contributed by atoms with van der Waals surface area (Å²) in [6.07, 6.45) is -2.63. The Morgan fingerprint density at radius 2 is 2.20 bits per heavy atom. The summed E-state index contributed by atoms with van der Waals surface area (Å²) in [7, 11) is 1.51. The van der Waals surface area contributed by atoms with E-state index in [1.165, 1.54) is 11.6 Å². The lowest BCUT2D eigenvalue weighted by molar-refractivity contribution is 0.137. The molecule has 2 aromatic rings. The Morgan fingerprint density at radius 3 is 2.80 bits per heavy atom. The number of nitriles is 1. The van der Waals surface area contributed by atoms with Crippen molar-refractivity contribution < 1.29 is 8.78 Å². The number of para-hydroxylation sites is 1. The predicted molar refractivity (Wildman–Crippen MR) is 50.4 cm³/mol. The van der Waals surface area contributed by atoms with E-state index in [9.17, 15) is 8.78 Å². The fraction of sp³-hybridized carbons (Fsp3) is 0.200. The number of fused-ring (bicyclic) bond motifs is 1. The van der Waals surface area contributed by atoms with Crippen LogP contribution in [0.1, 0.15) is 17.8 Å². The van der Waals surface area contributed by atoms with Gasteiger partial charge >= 0.3 is 0 Å². The molecule has 1 aromatic carbocycles. The van der Waals surface area contributed by atoms with E-state index in [-0.39, 0.29) is 5.82 Å². The molecular formula is C10H7F2N3. The van der Waals surface area contributed by atoms with Gasteiger partial charge in [-0.05, 0) is 12.1 Å². The number of rotatable bonds is 1. The maximum Gasteiger partial charge on any atom is 0.295 e. The number of hydrogen-bond donors (Lipinski definition) is 0. The molecule has 0 spiro atoms. The molecule has 1 aromatic heterocycles. The average molecular weight is 207 g/mol. The number of halogens is 2. The van der Waals surface area contributed by atoms with Crippen LogP contribution in [0.4, 0.5) is 8.78 Å². The number of imidazole rings is 1. The topological polar surface area (TPSA) is 41.6 Å². The molecule has 0 saturated carbocycles. The second kappa shape index (κ2) is 3.31. The van der Waals surface area contributed by atoms with E-state index in [1.807, 2.05) is 6.07 Å². The third-order valence-electron chi connectivity index (χ3n) is 2.26. The summed E-state index contributed by atoms with van der Waals surface area (Å²) in [4.78, 5) is 3.77. The van der Waals surface area contributed by atoms with E-state index in [2.05, 4.69) is 4.98 Å². The number of benzene rings is 1. The van der Waals surface area contributed by atoms with Crippen molar-refractivity contribution in [2.45, 2.75) is 6.43 Å². The lowest BCUT2D eigenvalue weighted by atomic mass is 10.2. The fourth-order valence-corrected chi connectivity index (χ4v) is 1.52. The highest BCUT2D eigenvalue weighted by molar-refractivity contribution is 5.82. The smallest absolute Gasteiger partial charge is 0.295 e. The highest BCUT2D eigenvalue weighted by Crippen LogP contribution is 2.24. The maximum absolute atomic E-state index is 12.5. The highest BCUT2D eigenvalue weighted by Gasteiger charge is 2.17. The summed E-state index contributed by atoms with van der Waals surface area (Å²) in [5, 5.41) is 8.79. The van der Waals surface area contributed by atoms with Gasteiger partial charge in [0.15, 0.2) is 5.82 Å². The third kappa shape index (κ3) is 1.34. The highest BCUT2D eigenvalue weighted by atomic mass is 19.3. The first-order valence-corrected chi connectivity index (χ1v) is 4.28. The van der Waals surface area contributed by atoms with Crippen molar-refractivity contribution in [3.8, 4) is 6.07 Å². The summed E-state index contributed by atoms with van der Waals surface area (Å²) in [5.41, 5.74) is 1.19. The van der Waals surface area contributed by atoms with Gasteiger partial charge in [0.2, 0.25) is 0 Å². The molecule has 0 fully saturated rings. The summed E-state index contributed by atoms with van der Waals surface area (Å²) in [6.45, 7) is 0. The Hall–Kier alpha value is -1.96. The van der Waals surface area contributed by atoms with Crippen LogP contribution in [0.3, 0.4) is 0 Å². The number of aryl methyl sites for hydroxylation is 1. The standard InChI is InChI=1S/C10H7F2N3/c1-15-7-4-2-3-6(5-13)8(7)14-10(15)9(11)12/h2-4,9H,1H3. The minimum atomic E-state index is -2.63. The molecule has 0 bridgehead atoms. The Bertz CT molecular complexity index is 552. The minimum absolute atomic E-state index is 0.312. The monoisotopic (exact) mass is 207 g/mol. The molecule has 3 nitrogen and oxygen atoms in total.